The topological polar surface area (TPSA) is 95.1 Å². The summed E-state index contributed by atoms with van der Waals surface area (Å²) in [5.41, 5.74) is -0.654. The third-order valence-electron chi connectivity index (χ3n) is 2.65. The van der Waals surface area contributed by atoms with Gasteiger partial charge in [0, 0.05) is 31.0 Å². The summed E-state index contributed by atoms with van der Waals surface area (Å²) in [6.07, 6.45) is 7.05. The number of carbonyl (C=O) groups excluding carboxylic acids is 1. The molecule has 0 saturated heterocycles. The van der Waals surface area contributed by atoms with Crippen LogP contribution in [-0.4, -0.2) is 33.6 Å². The van der Waals surface area contributed by atoms with E-state index in [9.17, 15) is 9.59 Å². The van der Waals surface area contributed by atoms with Crippen molar-refractivity contribution in [1.82, 2.24) is 15.3 Å². The summed E-state index contributed by atoms with van der Waals surface area (Å²) >= 11 is 0. The molecule has 1 aliphatic carbocycles. The lowest BCUT2D eigenvalue weighted by Gasteiger charge is -2.11. The Balaban J connectivity index is 2.02. The molecule has 6 nitrogen and oxygen atoms in total. The minimum absolute atomic E-state index is 0.0625. The molecule has 0 radical (unpaired) electrons. The summed E-state index contributed by atoms with van der Waals surface area (Å²) in [6, 6.07) is -0.152. The molecule has 6 heteroatoms. The smallest absolute Gasteiger partial charge is 0.279 e. The Labute approximate surface area is 97.4 Å². The van der Waals surface area contributed by atoms with E-state index in [2.05, 4.69) is 15.3 Å². The van der Waals surface area contributed by atoms with Crippen LogP contribution in [0.4, 0.5) is 0 Å². The van der Waals surface area contributed by atoms with Gasteiger partial charge in [-0.1, -0.05) is 12.2 Å². The van der Waals surface area contributed by atoms with Crippen LogP contribution in [0.2, 0.25) is 0 Å². The maximum atomic E-state index is 11.7. The summed E-state index contributed by atoms with van der Waals surface area (Å²) in [5, 5.41) is 11.6. The van der Waals surface area contributed by atoms with Crippen LogP contribution in [0.1, 0.15) is 16.9 Å². The number of aliphatic hydroxyl groups is 1. The summed E-state index contributed by atoms with van der Waals surface area (Å²) in [6.45, 7) is 0.0625. The molecule has 0 spiro atoms. The van der Waals surface area contributed by atoms with Crippen LogP contribution in [0, 0.1) is 5.92 Å². The zero-order valence-electron chi connectivity index (χ0n) is 9.09. The van der Waals surface area contributed by atoms with Gasteiger partial charge in [0.1, 0.15) is 0 Å². The van der Waals surface area contributed by atoms with Crippen LogP contribution in [-0.2, 0) is 0 Å². The van der Waals surface area contributed by atoms with Crippen LogP contribution in [0.5, 0.6) is 0 Å². The molecule has 2 unspecified atom stereocenters. The minimum Gasteiger partial charge on any atom is -0.396 e. The number of hydrogen-bond donors (Lipinski definition) is 3. The number of amides is 1. The fourth-order valence-electron chi connectivity index (χ4n) is 1.77. The van der Waals surface area contributed by atoms with Crippen molar-refractivity contribution in [3.05, 3.63) is 40.6 Å². The Hall–Kier alpha value is -1.95. The van der Waals surface area contributed by atoms with E-state index in [4.69, 9.17) is 5.11 Å². The molecule has 1 amide bonds. The number of rotatable bonds is 3. The van der Waals surface area contributed by atoms with Gasteiger partial charge < -0.3 is 15.4 Å². The SMILES string of the molecule is O=C(NC1C=CC(CO)C1)c1ncc[nH]c1=O. The first-order valence-corrected chi connectivity index (χ1v) is 5.34. The lowest BCUT2D eigenvalue weighted by Crippen LogP contribution is -2.36. The Kier molecular flexibility index (Phi) is 3.34. The molecule has 1 aromatic heterocycles. The normalized spacial score (nSPS) is 22.6. The molecular weight excluding hydrogens is 222 g/mol. The second-order valence-electron chi connectivity index (χ2n) is 3.91. The van der Waals surface area contributed by atoms with Crippen molar-refractivity contribution in [3.63, 3.8) is 0 Å². The summed E-state index contributed by atoms with van der Waals surface area (Å²) in [7, 11) is 0. The van der Waals surface area contributed by atoms with E-state index in [1.807, 2.05) is 12.2 Å². The summed E-state index contributed by atoms with van der Waals surface area (Å²) in [4.78, 5) is 29.2. The van der Waals surface area contributed by atoms with E-state index in [-0.39, 0.29) is 24.3 Å². The molecule has 1 aliphatic rings. The highest BCUT2D eigenvalue weighted by Gasteiger charge is 2.21. The standard InChI is InChI=1S/C11H13N3O3/c15-6-7-1-2-8(5-7)14-11(17)9-10(16)13-4-3-12-9/h1-4,7-8,15H,5-6H2,(H,13,16)(H,14,17). The highest BCUT2D eigenvalue weighted by atomic mass is 16.3. The van der Waals surface area contributed by atoms with E-state index in [0.717, 1.165) is 0 Å². The van der Waals surface area contributed by atoms with Crippen molar-refractivity contribution in [2.45, 2.75) is 12.5 Å². The minimum atomic E-state index is -0.509. The second-order valence-corrected chi connectivity index (χ2v) is 3.91. The number of hydrogen-bond acceptors (Lipinski definition) is 4. The zero-order chi connectivity index (χ0) is 12.3. The number of aliphatic hydroxyl groups excluding tert-OH is 1. The number of aromatic nitrogens is 2. The zero-order valence-corrected chi connectivity index (χ0v) is 9.09. The molecular formula is C11H13N3O3. The van der Waals surface area contributed by atoms with Gasteiger partial charge in [-0.05, 0) is 6.42 Å². The molecule has 0 saturated carbocycles. The van der Waals surface area contributed by atoms with Gasteiger partial charge in [0.15, 0.2) is 5.69 Å². The maximum Gasteiger partial charge on any atom is 0.279 e. The molecule has 2 atom stereocenters. The molecule has 0 bridgehead atoms. The third kappa shape index (κ3) is 2.59. The summed E-state index contributed by atoms with van der Waals surface area (Å²) in [5.74, 6) is -0.428. The maximum absolute atomic E-state index is 11.7. The van der Waals surface area contributed by atoms with Gasteiger partial charge in [0.05, 0.1) is 0 Å². The average Bonchev–Trinajstić information content (AvgIpc) is 2.77. The molecule has 2 rings (SSSR count). The number of nitrogens with zero attached hydrogens (tertiary/aromatic N) is 1. The first kappa shape index (κ1) is 11.5. The van der Waals surface area contributed by atoms with Gasteiger partial charge in [0.25, 0.3) is 11.5 Å². The molecule has 0 fully saturated rings. The molecule has 0 aliphatic heterocycles. The molecule has 0 aromatic carbocycles. The molecule has 90 valence electrons. The Morgan fingerprint density at radius 3 is 3.06 bits per heavy atom. The Morgan fingerprint density at radius 1 is 1.59 bits per heavy atom. The monoisotopic (exact) mass is 235 g/mol. The van der Waals surface area contributed by atoms with Crippen LogP contribution in [0.3, 0.4) is 0 Å². The number of H-pyrrole nitrogens is 1. The number of aromatic amines is 1. The van der Waals surface area contributed by atoms with Crippen LogP contribution >= 0.6 is 0 Å². The number of nitrogens with one attached hydrogen (secondary N) is 2. The lowest BCUT2D eigenvalue weighted by atomic mass is 10.1. The molecule has 1 heterocycles. The first-order valence-electron chi connectivity index (χ1n) is 5.34. The quantitative estimate of drug-likeness (QED) is 0.612. The van der Waals surface area contributed by atoms with Gasteiger partial charge in [-0.15, -0.1) is 0 Å². The van der Waals surface area contributed by atoms with Crippen molar-refractivity contribution < 1.29 is 9.90 Å². The van der Waals surface area contributed by atoms with E-state index >= 15 is 0 Å². The molecule has 3 N–H and O–H groups in total. The van der Waals surface area contributed by atoms with Crippen molar-refractivity contribution in [3.8, 4) is 0 Å². The van der Waals surface area contributed by atoms with Crippen molar-refractivity contribution in [2.75, 3.05) is 6.61 Å². The van der Waals surface area contributed by atoms with Crippen molar-refractivity contribution >= 4 is 5.91 Å². The molecule has 17 heavy (non-hydrogen) atoms. The highest BCUT2D eigenvalue weighted by Crippen LogP contribution is 2.16. The van der Waals surface area contributed by atoms with Crippen LogP contribution < -0.4 is 10.9 Å². The van der Waals surface area contributed by atoms with E-state index < -0.39 is 11.5 Å². The van der Waals surface area contributed by atoms with Crippen molar-refractivity contribution in [2.24, 2.45) is 5.92 Å². The van der Waals surface area contributed by atoms with Crippen LogP contribution in [0.25, 0.3) is 0 Å². The van der Waals surface area contributed by atoms with Gasteiger partial charge in [-0.25, -0.2) is 4.98 Å². The Bertz CT molecular complexity index is 495. The highest BCUT2D eigenvalue weighted by molar-refractivity contribution is 5.92. The van der Waals surface area contributed by atoms with Crippen molar-refractivity contribution in [1.29, 1.82) is 0 Å². The molecule has 1 aromatic rings. The largest absolute Gasteiger partial charge is 0.396 e. The van der Waals surface area contributed by atoms with E-state index in [1.54, 1.807) is 0 Å². The van der Waals surface area contributed by atoms with E-state index in [0.29, 0.717) is 6.42 Å². The Morgan fingerprint density at radius 2 is 2.41 bits per heavy atom. The fourth-order valence-corrected chi connectivity index (χ4v) is 1.77. The second kappa shape index (κ2) is 4.92. The fraction of sp³-hybridized carbons (Fsp3) is 0.364. The predicted molar refractivity (Wildman–Crippen MR) is 60.4 cm³/mol. The number of carbonyl (C=O) groups is 1. The predicted octanol–water partition coefficient (Wildman–Crippen LogP) is -0.563. The van der Waals surface area contributed by atoms with Gasteiger partial charge in [-0.3, -0.25) is 9.59 Å². The van der Waals surface area contributed by atoms with E-state index in [1.165, 1.54) is 12.4 Å². The first-order chi connectivity index (χ1) is 8.20. The van der Waals surface area contributed by atoms with Gasteiger partial charge in [-0.2, -0.15) is 0 Å². The summed E-state index contributed by atoms with van der Waals surface area (Å²) < 4.78 is 0. The lowest BCUT2D eigenvalue weighted by molar-refractivity contribution is 0.0934. The van der Waals surface area contributed by atoms with Gasteiger partial charge >= 0.3 is 0 Å². The third-order valence-corrected chi connectivity index (χ3v) is 2.65. The van der Waals surface area contributed by atoms with Gasteiger partial charge in [0.2, 0.25) is 0 Å². The van der Waals surface area contributed by atoms with Crippen LogP contribution in [0.15, 0.2) is 29.3 Å². The average molecular weight is 235 g/mol.